The van der Waals surface area contributed by atoms with Gasteiger partial charge in [0, 0.05) is 22.0 Å². The minimum atomic E-state index is -1.25. The van der Waals surface area contributed by atoms with E-state index in [0.717, 1.165) is 12.6 Å². The van der Waals surface area contributed by atoms with Gasteiger partial charge in [0.1, 0.15) is 11.6 Å². The number of halogens is 4. The quantitative estimate of drug-likeness (QED) is 0.637. The van der Waals surface area contributed by atoms with Crippen molar-refractivity contribution in [2.45, 2.75) is 0 Å². The minimum Gasteiger partial charge on any atom is -0.478 e. The van der Waals surface area contributed by atoms with E-state index in [2.05, 4.69) is 37.2 Å². The molecule has 0 fully saturated rings. The maximum atomic E-state index is 13.4. The van der Waals surface area contributed by atoms with Crippen molar-refractivity contribution in [3.8, 4) is 0 Å². The highest BCUT2D eigenvalue weighted by Gasteiger charge is 2.11. The van der Waals surface area contributed by atoms with Crippen LogP contribution in [-0.4, -0.2) is 49.1 Å². The summed E-state index contributed by atoms with van der Waals surface area (Å²) < 4.78 is 27.2. The summed E-state index contributed by atoms with van der Waals surface area (Å²) in [4.78, 5) is 23.8. The lowest BCUT2D eigenvalue weighted by atomic mass is 10.2. The van der Waals surface area contributed by atoms with E-state index < -0.39 is 17.6 Å². The Hall–Kier alpha value is -1.84. The maximum Gasteiger partial charge on any atom is 0.338 e. The largest absolute Gasteiger partial charge is 0.478 e. The second-order valence-corrected chi connectivity index (χ2v) is 7.44. The molecule has 0 saturated carbocycles. The Kier molecular flexibility index (Phi) is 9.54. The fraction of sp³-hybridized carbons (Fsp3) is 0.222. The number of aromatic carboxylic acids is 1. The lowest BCUT2D eigenvalue weighted by molar-refractivity contribution is 0.0691. The molecule has 0 aliphatic heterocycles. The van der Waals surface area contributed by atoms with Gasteiger partial charge in [0.15, 0.2) is 0 Å². The van der Waals surface area contributed by atoms with Gasteiger partial charge in [0.05, 0.1) is 11.1 Å². The fourth-order valence-electron chi connectivity index (χ4n) is 1.82. The molecular weight excluding hydrogens is 490 g/mol. The monoisotopic (exact) mass is 506 g/mol. The molecule has 0 radical (unpaired) electrons. The third kappa shape index (κ3) is 8.15. The summed E-state index contributed by atoms with van der Waals surface area (Å²) in [5.74, 6) is -2.88. The maximum absolute atomic E-state index is 13.4. The predicted octanol–water partition coefficient (Wildman–Crippen LogP) is 4.17. The van der Waals surface area contributed by atoms with E-state index in [1.54, 1.807) is 6.07 Å². The van der Waals surface area contributed by atoms with E-state index in [4.69, 9.17) is 5.11 Å². The SMILES string of the molecule is CN(C)CCNC(=O)c1ccc(Br)cc1F.O=C(O)c1ccc(Br)cc1F. The van der Waals surface area contributed by atoms with Crippen LogP contribution >= 0.6 is 31.9 Å². The number of amides is 1. The summed E-state index contributed by atoms with van der Waals surface area (Å²) in [5, 5.41) is 11.1. The molecule has 27 heavy (non-hydrogen) atoms. The van der Waals surface area contributed by atoms with Gasteiger partial charge in [0.25, 0.3) is 5.91 Å². The fourth-order valence-corrected chi connectivity index (χ4v) is 2.49. The second kappa shape index (κ2) is 11.1. The molecule has 0 saturated heterocycles. The first kappa shape index (κ1) is 23.2. The zero-order valence-electron chi connectivity index (χ0n) is 14.6. The topological polar surface area (TPSA) is 69.6 Å². The van der Waals surface area contributed by atoms with Gasteiger partial charge in [-0.3, -0.25) is 4.79 Å². The Morgan fingerprint density at radius 1 is 1.00 bits per heavy atom. The van der Waals surface area contributed by atoms with Gasteiger partial charge in [-0.05, 0) is 50.5 Å². The Bertz CT molecular complexity index is 817. The highest BCUT2D eigenvalue weighted by molar-refractivity contribution is 9.10. The lowest BCUT2D eigenvalue weighted by Gasteiger charge is -2.10. The first-order valence-corrected chi connectivity index (χ1v) is 9.26. The molecule has 0 atom stereocenters. The molecule has 2 aromatic rings. The summed E-state index contributed by atoms with van der Waals surface area (Å²) >= 11 is 6.15. The Morgan fingerprint density at radius 3 is 1.89 bits per heavy atom. The van der Waals surface area contributed by atoms with Gasteiger partial charge >= 0.3 is 5.97 Å². The van der Waals surface area contributed by atoms with Crippen molar-refractivity contribution in [3.05, 3.63) is 68.1 Å². The molecule has 0 spiro atoms. The van der Waals surface area contributed by atoms with E-state index in [-0.39, 0.29) is 17.0 Å². The third-order valence-electron chi connectivity index (χ3n) is 3.18. The molecule has 146 valence electrons. The normalized spacial score (nSPS) is 10.2. The minimum absolute atomic E-state index is 0.0713. The molecule has 0 heterocycles. The summed E-state index contributed by atoms with van der Waals surface area (Å²) in [6.45, 7) is 1.23. The van der Waals surface area contributed by atoms with E-state index in [0.29, 0.717) is 15.5 Å². The summed E-state index contributed by atoms with van der Waals surface area (Å²) in [6.07, 6.45) is 0. The summed E-state index contributed by atoms with van der Waals surface area (Å²) in [5.41, 5.74) is -0.241. The van der Waals surface area contributed by atoms with Crippen molar-refractivity contribution in [1.82, 2.24) is 10.2 Å². The first-order chi connectivity index (χ1) is 12.6. The van der Waals surface area contributed by atoms with Gasteiger partial charge in [-0.15, -0.1) is 0 Å². The number of carbonyl (C=O) groups excluding carboxylic acids is 1. The van der Waals surface area contributed by atoms with E-state index in [1.807, 2.05) is 19.0 Å². The van der Waals surface area contributed by atoms with Crippen molar-refractivity contribution in [2.75, 3.05) is 27.2 Å². The van der Waals surface area contributed by atoms with Crippen molar-refractivity contribution in [2.24, 2.45) is 0 Å². The number of likely N-dealkylation sites (N-methyl/N-ethyl adjacent to an activating group) is 1. The number of carbonyl (C=O) groups is 2. The van der Waals surface area contributed by atoms with Crippen LogP contribution in [0.4, 0.5) is 8.78 Å². The summed E-state index contributed by atoms with van der Waals surface area (Å²) in [6, 6.07) is 8.19. The second-order valence-electron chi connectivity index (χ2n) is 5.61. The van der Waals surface area contributed by atoms with E-state index >= 15 is 0 Å². The molecule has 0 bridgehead atoms. The van der Waals surface area contributed by atoms with Gasteiger partial charge in [-0.2, -0.15) is 0 Å². The standard InChI is InChI=1S/C11H14BrFN2O.C7H4BrFO2/c1-15(2)6-5-14-11(16)9-4-3-8(12)7-10(9)13;8-4-1-2-5(7(10)11)6(9)3-4/h3-4,7H,5-6H2,1-2H3,(H,14,16);1-3H,(H,10,11). The van der Waals surface area contributed by atoms with Crippen LogP contribution in [0.25, 0.3) is 0 Å². The number of rotatable bonds is 5. The average molecular weight is 508 g/mol. The molecule has 2 aromatic carbocycles. The number of carboxylic acids is 1. The Morgan fingerprint density at radius 2 is 1.48 bits per heavy atom. The highest BCUT2D eigenvalue weighted by Crippen LogP contribution is 2.15. The average Bonchev–Trinajstić information content (AvgIpc) is 2.54. The molecule has 0 aromatic heterocycles. The van der Waals surface area contributed by atoms with Gasteiger partial charge in [-0.1, -0.05) is 31.9 Å². The van der Waals surface area contributed by atoms with Gasteiger partial charge in [0.2, 0.25) is 0 Å². The molecule has 5 nitrogen and oxygen atoms in total. The molecular formula is C18H18Br2F2N2O3. The number of nitrogens with one attached hydrogen (secondary N) is 1. The van der Waals surface area contributed by atoms with Crippen LogP contribution in [0.2, 0.25) is 0 Å². The predicted molar refractivity (Wildman–Crippen MR) is 106 cm³/mol. The van der Waals surface area contributed by atoms with E-state index in [9.17, 15) is 18.4 Å². The molecule has 0 aliphatic rings. The van der Waals surface area contributed by atoms with Crippen LogP contribution < -0.4 is 5.32 Å². The van der Waals surface area contributed by atoms with E-state index in [1.165, 1.54) is 24.3 Å². The van der Waals surface area contributed by atoms with Crippen LogP contribution in [0.5, 0.6) is 0 Å². The number of nitrogens with zero attached hydrogens (tertiary/aromatic N) is 1. The van der Waals surface area contributed by atoms with Gasteiger partial charge in [-0.25, -0.2) is 13.6 Å². The zero-order valence-corrected chi connectivity index (χ0v) is 17.8. The summed E-state index contributed by atoms with van der Waals surface area (Å²) in [7, 11) is 3.82. The molecule has 1 amide bonds. The van der Waals surface area contributed by atoms with Crippen molar-refractivity contribution in [3.63, 3.8) is 0 Å². The molecule has 2 rings (SSSR count). The number of carboxylic acid groups (broad SMARTS) is 1. The van der Waals surface area contributed by atoms with Crippen LogP contribution in [0.1, 0.15) is 20.7 Å². The zero-order chi connectivity index (χ0) is 20.6. The smallest absolute Gasteiger partial charge is 0.338 e. The third-order valence-corrected chi connectivity index (χ3v) is 4.17. The number of benzene rings is 2. The first-order valence-electron chi connectivity index (χ1n) is 7.68. The van der Waals surface area contributed by atoms with Crippen molar-refractivity contribution in [1.29, 1.82) is 0 Å². The molecule has 2 N–H and O–H groups in total. The van der Waals surface area contributed by atoms with Crippen molar-refractivity contribution >= 4 is 43.7 Å². The molecule has 9 heteroatoms. The molecule has 0 aliphatic carbocycles. The van der Waals surface area contributed by atoms with Crippen LogP contribution in [0.15, 0.2) is 45.3 Å². The number of hydrogen-bond acceptors (Lipinski definition) is 3. The molecule has 0 unspecified atom stereocenters. The highest BCUT2D eigenvalue weighted by atomic mass is 79.9. The van der Waals surface area contributed by atoms with Crippen LogP contribution in [-0.2, 0) is 0 Å². The Labute approximate surface area is 172 Å². The van der Waals surface area contributed by atoms with Gasteiger partial charge < -0.3 is 15.3 Å². The number of hydrogen-bond donors (Lipinski definition) is 2. The Balaban J connectivity index is 0.000000289. The van der Waals surface area contributed by atoms with Crippen molar-refractivity contribution < 1.29 is 23.5 Å². The lowest BCUT2D eigenvalue weighted by Crippen LogP contribution is -2.31. The van der Waals surface area contributed by atoms with Crippen LogP contribution in [0.3, 0.4) is 0 Å². The van der Waals surface area contributed by atoms with Crippen LogP contribution in [0, 0.1) is 11.6 Å².